The first-order valence-corrected chi connectivity index (χ1v) is 11.0. The van der Waals surface area contributed by atoms with E-state index in [9.17, 15) is 9.90 Å². The summed E-state index contributed by atoms with van der Waals surface area (Å²) in [4.78, 5) is 23.2. The second-order valence-electron chi connectivity index (χ2n) is 7.75. The minimum absolute atomic E-state index is 0.0428. The number of nitrogens with one attached hydrogen (secondary N) is 1. The molecule has 10 heteroatoms. The molecule has 1 aliphatic rings. The largest absolute Gasteiger partial charge is 0.508 e. The van der Waals surface area contributed by atoms with Crippen LogP contribution in [-0.4, -0.2) is 70.0 Å². The molecule has 1 aliphatic heterocycles. The summed E-state index contributed by atoms with van der Waals surface area (Å²) in [7, 11) is 0. The van der Waals surface area contributed by atoms with Gasteiger partial charge in [-0.05, 0) is 38.0 Å². The van der Waals surface area contributed by atoms with Crippen LogP contribution in [0.3, 0.4) is 0 Å². The summed E-state index contributed by atoms with van der Waals surface area (Å²) in [6, 6.07) is 4.99. The first kappa shape index (κ1) is 22.1. The number of nitrogens with two attached hydrogens (primary N) is 1. The number of urea groups is 1. The average Bonchev–Trinajstić information content (AvgIpc) is 3.17. The molecule has 0 aliphatic carbocycles. The van der Waals surface area contributed by atoms with Crippen molar-refractivity contribution in [1.29, 1.82) is 0 Å². The van der Waals surface area contributed by atoms with Crippen molar-refractivity contribution >= 4 is 33.8 Å². The minimum atomic E-state index is -0.0428. The number of aryl methyl sites for hydroxylation is 1. The highest BCUT2D eigenvalue weighted by atomic mass is 16.5. The van der Waals surface area contributed by atoms with E-state index < -0.39 is 0 Å². The third-order valence-electron chi connectivity index (χ3n) is 5.58. The van der Waals surface area contributed by atoms with Crippen molar-refractivity contribution in [2.75, 3.05) is 45.2 Å². The number of aromatic hydroxyl groups is 1. The van der Waals surface area contributed by atoms with Crippen molar-refractivity contribution in [2.24, 2.45) is 0 Å². The highest BCUT2D eigenvalue weighted by molar-refractivity contribution is 6.07. The Kier molecular flexibility index (Phi) is 6.91. The average molecular weight is 443 g/mol. The maximum Gasteiger partial charge on any atom is 0.317 e. The highest BCUT2D eigenvalue weighted by Crippen LogP contribution is 2.31. The quantitative estimate of drug-likeness (QED) is 0.456. The van der Waals surface area contributed by atoms with Crippen molar-refractivity contribution in [1.82, 2.24) is 24.8 Å². The Labute approximate surface area is 186 Å². The lowest BCUT2D eigenvalue weighted by molar-refractivity contribution is 0.0532. The van der Waals surface area contributed by atoms with E-state index in [1.54, 1.807) is 23.1 Å². The summed E-state index contributed by atoms with van der Waals surface area (Å²) in [5.41, 5.74) is 8.36. The van der Waals surface area contributed by atoms with E-state index in [4.69, 9.17) is 20.2 Å². The first-order valence-electron chi connectivity index (χ1n) is 11.0. The minimum Gasteiger partial charge on any atom is -0.508 e. The van der Waals surface area contributed by atoms with Gasteiger partial charge in [-0.3, -0.25) is 0 Å². The molecule has 1 aromatic carbocycles. The van der Waals surface area contributed by atoms with E-state index >= 15 is 0 Å². The molecular weight excluding hydrogens is 412 g/mol. The molecule has 10 nitrogen and oxygen atoms in total. The topological polar surface area (TPSA) is 128 Å². The molecule has 1 fully saturated rings. The van der Waals surface area contributed by atoms with Gasteiger partial charge in [0.1, 0.15) is 23.7 Å². The van der Waals surface area contributed by atoms with Gasteiger partial charge in [0.2, 0.25) is 0 Å². The van der Waals surface area contributed by atoms with Gasteiger partial charge in [-0.15, -0.1) is 0 Å². The number of morpholine rings is 1. The van der Waals surface area contributed by atoms with Gasteiger partial charge < -0.3 is 35.1 Å². The number of nitrogens with zero attached hydrogens (tertiary/aromatic N) is 4. The summed E-state index contributed by atoms with van der Waals surface area (Å²) in [6.07, 6.45) is 1.64. The predicted octanol–water partition coefficient (Wildman–Crippen LogP) is 2.23. The molecule has 3 aromatic rings. The number of hydrogen-bond acceptors (Lipinski definition) is 7. The van der Waals surface area contributed by atoms with E-state index in [1.807, 2.05) is 6.92 Å². The number of phenols is 1. The Morgan fingerprint density at radius 3 is 2.88 bits per heavy atom. The zero-order valence-electron chi connectivity index (χ0n) is 18.3. The van der Waals surface area contributed by atoms with Crippen molar-refractivity contribution in [2.45, 2.75) is 32.9 Å². The third kappa shape index (κ3) is 4.71. The van der Waals surface area contributed by atoms with Crippen LogP contribution in [0.1, 0.15) is 25.6 Å². The Balaban J connectivity index is 1.50. The summed E-state index contributed by atoms with van der Waals surface area (Å²) in [5.74, 6) is 1.28. The number of rotatable bonds is 8. The number of phenolic OH excluding ortho intramolecular Hbond substituents is 1. The summed E-state index contributed by atoms with van der Waals surface area (Å²) in [6.45, 7) is 6.58. The molecule has 0 spiro atoms. The van der Waals surface area contributed by atoms with Crippen molar-refractivity contribution < 1.29 is 19.4 Å². The molecular formula is C22H30N6O4. The first-order chi connectivity index (χ1) is 15.6. The van der Waals surface area contributed by atoms with Gasteiger partial charge in [-0.2, -0.15) is 0 Å². The van der Waals surface area contributed by atoms with E-state index in [0.29, 0.717) is 69.5 Å². The lowest BCUT2D eigenvalue weighted by atomic mass is 10.1. The molecule has 0 unspecified atom stereocenters. The van der Waals surface area contributed by atoms with E-state index in [0.717, 1.165) is 29.6 Å². The highest BCUT2D eigenvalue weighted by Gasteiger charge is 2.18. The second-order valence-corrected chi connectivity index (χ2v) is 7.75. The van der Waals surface area contributed by atoms with Crippen molar-refractivity contribution in [3.63, 3.8) is 0 Å². The van der Waals surface area contributed by atoms with Crippen LogP contribution >= 0.6 is 0 Å². The number of ether oxygens (including phenoxy) is 2. The number of hydrogen-bond donors (Lipinski definition) is 3. The van der Waals surface area contributed by atoms with Crippen LogP contribution in [-0.2, 0) is 22.6 Å². The van der Waals surface area contributed by atoms with Crippen LogP contribution in [0.25, 0.3) is 21.9 Å². The number of unbranched alkanes of at least 4 members (excludes halogenated alkanes) is 1. The summed E-state index contributed by atoms with van der Waals surface area (Å²) < 4.78 is 13.0. The maximum atomic E-state index is 12.2. The molecule has 0 radical (unpaired) electrons. The van der Waals surface area contributed by atoms with Gasteiger partial charge in [-0.25, -0.2) is 14.8 Å². The van der Waals surface area contributed by atoms with Crippen LogP contribution < -0.4 is 11.1 Å². The van der Waals surface area contributed by atoms with Crippen LogP contribution in [0.5, 0.6) is 5.75 Å². The number of imidazole rings is 1. The molecule has 0 saturated carbocycles. The van der Waals surface area contributed by atoms with Crippen LogP contribution in [0.4, 0.5) is 10.6 Å². The molecule has 3 heterocycles. The normalized spacial score (nSPS) is 14.3. The fourth-order valence-corrected chi connectivity index (χ4v) is 3.96. The Morgan fingerprint density at radius 1 is 1.28 bits per heavy atom. The Morgan fingerprint density at radius 2 is 2.09 bits per heavy atom. The SMILES string of the molecule is CCOCc1nc2c(N)nc3ccc(O)cc3c2n1CCCCNC(=O)N1CCOCC1. The summed E-state index contributed by atoms with van der Waals surface area (Å²) in [5, 5.41) is 13.8. The molecule has 0 atom stereocenters. The van der Waals surface area contributed by atoms with Crippen molar-refractivity contribution in [3.05, 3.63) is 24.0 Å². The maximum absolute atomic E-state index is 12.2. The van der Waals surface area contributed by atoms with Crippen LogP contribution in [0.2, 0.25) is 0 Å². The van der Waals surface area contributed by atoms with Gasteiger partial charge in [0, 0.05) is 38.2 Å². The summed E-state index contributed by atoms with van der Waals surface area (Å²) >= 11 is 0. The number of pyridine rings is 1. The molecule has 4 rings (SSSR count). The molecule has 32 heavy (non-hydrogen) atoms. The van der Waals surface area contributed by atoms with Gasteiger partial charge in [0.05, 0.1) is 24.2 Å². The second kappa shape index (κ2) is 10.0. The van der Waals surface area contributed by atoms with Gasteiger partial charge >= 0.3 is 6.03 Å². The Hall–Kier alpha value is -3.11. The lowest BCUT2D eigenvalue weighted by Gasteiger charge is -2.26. The monoisotopic (exact) mass is 442 g/mol. The smallest absolute Gasteiger partial charge is 0.317 e. The van der Waals surface area contributed by atoms with E-state index in [-0.39, 0.29) is 11.8 Å². The Bertz CT molecular complexity index is 1090. The third-order valence-corrected chi connectivity index (χ3v) is 5.58. The van der Waals surface area contributed by atoms with E-state index in [1.165, 1.54) is 0 Å². The predicted molar refractivity (Wildman–Crippen MR) is 121 cm³/mol. The van der Waals surface area contributed by atoms with Gasteiger partial charge in [0.25, 0.3) is 0 Å². The molecule has 2 aromatic heterocycles. The lowest BCUT2D eigenvalue weighted by Crippen LogP contribution is -2.46. The number of carbonyl (C=O) groups is 1. The van der Waals surface area contributed by atoms with Crippen molar-refractivity contribution in [3.8, 4) is 5.75 Å². The zero-order chi connectivity index (χ0) is 22.5. The number of carbonyl (C=O) groups excluding carboxylic acids is 1. The van der Waals surface area contributed by atoms with Gasteiger partial charge in [0.15, 0.2) is 5.82 Å². The van der Waals surface area contributed by atoms with E-state index in [2.05, 4.69) is 14.9 Å². The number of aromatic nitrogens is 3. The molecule has 1 saturated heterocycles. The fourth-order valence-electron chi connectivity index (χ4n) is 3.96. The number of amides is 2. The number of anilines is 1. The molecule has 2 amide bonds. The fraction of sp³-hybridized carbons (Fsp3) is 0.500. The standard InChI is InChI=1S/C22H30N6O4/c1-2-31-14-18-26-19-20(16-13-15(29)5-6-17(16)25-21(19)23)28(18)8-4-3-7-24-22(30)27-9-11-32-12-10-27/h5-6,13,29H,2-4,7-12,14H2,1H3,(H2,23,25)(H,24,30). The van der Waals surface area contributed by atoms with Crippen LogP contribution in [0, 0.1) is 0 Å². The molecule has 4 N–H and O–H groups in total. The number of fused-ring (bicyclic) bond motifs is 3. The van der Waals surface area contributed by atoms with Gasteiger partial charge in [-0.1, -0.05) is 0 Å². The number of benzene rings is 1. The number of nitrogen functional groups attached to an aromatic ring is 1. The zero-order valence-corrected chi connectivity index (χ0v) is 18.3. The molecule has 172 valence electrons. The molecule has 0 bridgehead atoms. The van der Waals surface area contributed by atoms with Crippen LogP contribution in [0.15, 0.2) is 18.2 Å².